The second-order valence-electron chi connectivity index (χ2n) is 5.29. The standard InChI is InChI=1S/C16H11BrN4O3/c1-8-16(22)21(2)11-4-3-9(7-10(11)18-8)14-19-15(24-20-14)12-5-6-13(17)23-12/h3-7H,1-2H3. The van der Waals surface area contributed by atoms with E-state index in [2.05, 4.69) is 31.1 Å². The lowest BCUT2D eigenvalue weighted by atomic mass is 10.1. The van der Waals surface area contributed by atoms with Crippen molar-refractivity contribution in [1.29, 1.82) is 0 Å². The van der Waals surface area contributed by atoms with Gasteiger partial charge in [-0.05, 0) is 53.2 Å². The molecule has 0 atom stereocenters. The molecule has 0 aliphatic carbocycles. The van der Waals surface area contributed by atoms with Gasteiger partial charge < -0.3 is 13.5 Å². The summed E-state index contributed by atoms with van der Waals surface area (Å²) in [6.45, 7) is 1.69. The van der Waals surface area contributed by atoms with Crippen molar-refractivity contribution >= 4 is 27.0 Å². The van der Waals surface area contributed by atoms with Crippen LogP contribution in [0.5, 0.6) is 0 Å². The number of fused-ring (bicyclic) bond motifs is 1. The Morgan fingerprint density at radius 2 is 2.00 bits per heavy atom. The van der Waals surface area contributed by atoms with Crippen molar-refractivity contribution in [2.75, 3.05) is 0 Å². The lowest BCUT2D eigenvalue weighted by Gasteiger charge is -2.06. The van der Waals surface area contributed by atoms with Gasteiger partial charge in [0, 0.05) is 12.6 Å². The molecule has 8 heteroatoms. The van der Waals surface area contributed by atoms with Gasteiger partial charge in [0.05, 0.1) is 11.0 Å². The van der Waals surface area contributed by atoms with E-state index in [-0.39, 0.29) is 5.56 Å². The van der Waals surface area contributed by atoms with Crippen molar-refractivity contribution in [1.82, 2.24) is 19.7 Å². The zero-order valence-electron chi connectivity index (χ0n) is 12.8. The molecule has 3 heterocycles. The zero-order valence-corrected chi connectivity index (χ0v) is 14.4. The molecular formula is C16H11BrN4O3. The van der Waals surface area contributed by atoms with Gasteiger partial charge in [0.25, 0.3) is 11.4 Å². The molecule has 0 saturated heterocycles. The van der Waals surface area contributed by atoms with Crippen LogP contribution in [0.3, 0.4) is 0 Å². The van der Waals surface area contributed by atoms with Gasteiger partial charge in [-0.3, -0.25) is 4.79 Å². The van der Waals surface area contributed by atoms with Crippen LogP contribution in [0.2, 0.25) is 0 Å². The van der Waals surface area contributed by atoms with Crippen LogP contribution in [-0.4, -0.2) is 19.7 Å². The van der Waals surface area contributed by atoms with Gasteiger partial charge in [-0.25, -0.2) is 4.98 Å². The molecule has 0 bridgehead atoms. The molecule has 0 radical (unpaired) electrons. The number of rotatable bonds is 2. The summed E-state index contributed by atoms with van der Waals surface area (Å²) >= 11 is 3.23. The van der Waals surface area contributed by atoms with Gasteiger partial charge >= 0.3 is 0 Å². The normalized spacial score (nSPS) is 11.3. The van der Waals surface area contributed by atoms with Crippen molar-refractivity contribution in [2.45, 2.75) is 6.92 Å². The van der Waals surface area contributed by atoms with Gasteiger partial charge in [-0.1, -0.05) is 5.16 Å². The predicted molar refractivity (Wildman–Crippen MR) is 90.4 cm³/mol. The first-order valence-corrected chi connectivity index (χ1v) is 7.89. The summed E-state index contributed by atoms with van der Waals surface area (Å²) in [7, 11) is 1.72. The average molecular weight is 387 g/mol. The average Bonchev–Trinajstić information content (AvgIpc) is 3.21. The molecule has 0 unspecified atom stereocenters. The van der Waals surface area contributed by atoms with Gasteiger partial charge in [0.15, 0.2) is 10.4 Å². The van der Waals surface area contributed by atoms with Gasteiger partial charge in [-0.2, -0.15) is 4.98 Å². The molecule has 0 fully saturated rings. The Balaban J connectivity index is 1.81. The van der Waals surface area contributed by atoms with Gasteiger partial charge in [0.1, 0.15) is 5.69 Å². The van der Waals surface area contributed by atoms with E-state index in [0.717, 1.165) is 11.1 Å². The van der Waals surface area contributed by atoms with Crippen molar-refractivity contribution in [3.8, 4) is 23.0 Å². The van der Waals surface area contributed by atoms with Crippen LogP contribution in [0.4, 0.5) is 0 Å². The summed E-state index contributed by atoms with van der Waals surface area (Å²) in [5.41, 5.74) is 2.51. The number of aryl methyl sites for hydroxylation is 2. The molecule has 4 aromatic rings. The molecule has 7 nitrogen and oxygen atoms in total. The first-order chi connectivity index (χ1) is 11.5. The SMILES string of the molecule is Cc1nc2cc(-c3noc(-c4ccc(Br)o4)n3)ccc2n(C)c1=O. The van der Waals surface area contributed by atoms with Crippen molar-refractivity contribution < 1.29 is 8.94 Å². The van der Waals surface area contributed by atoms with E-state index >= 15 is 0 Å². The summed E-state index contributed by atoms with van der Waals surface area (Å²) in [5.74, 6) is 1.20. The van der Waals surface area contributed by atoms with Gasteiger partial charge in [0.2, 0.25) is 5.82 Å². The molecule has 0 N–H and O–H groups in total. The van der Waals surface area contributed by atoms with Crippen LogP contribution in [0.15, 0.2) is 48.7 Å². The fraction of sp³-hybridized carbons (Fsp3) is 0.125. The molecule has 0 amide bonds. The van der Waals surface area contributed by atoms with E-state index in [4.69, 9.17) is 8.94 Å². The Morgan fingerprint density at radius 3 is 2.75 bits per heavy atom. The van der Waals surface area contributed by atoms with Crippen LogP contribution < -0.4 is 5.56 Å². The minimum atomic E-state index is -0.111. The van der Waals surface area contributed by atoms with Crippen molar-refractivity contribution in [2.24, 2.45) is 7.05 Å². The Bertz CT molecular complexity index is 1130. The number of benzene rings is 1. The Kier molecular flexibility index (Phi) is 3.34. The monoisotopic (exact) mass is 386 g/mol. The van der Waals surface area contributed by atoms with Crippen molar-refractivity contribution in [3.05, 3.63) is 51.0 Å². The predicted octanol–water partition coefficient (Wildman–Crippen LogP) is 3.31. The maximum absolute atomic E-state index is 11.9. The number of furan rings is 1. The number of nitrogens with zero attached hydrogens (tertiary/aromatic N) is 4. The highest BCUT2D eigenvalue weighted by Crippen LogP contribution is 2.27. The van der Waals surface area contributed by atoms with Crippen LogP contribution in [0, 0.1) is 6.92 Å². The molecule has 24 heavy (non-hydrogen) atoms. The highest BCUT2D eigenvalue weighted by atomic mass is 79.9. The third-order valence-electron chi connectivity index (χ3n) is 3.71. The van der Waals surface area contributed by atoms with Crippen LogP contribution in [0.25, 0.3) is 34.1 Å². The minimum Gasteiger partial charge on any atom is -0.444 e. The second kappa shape index (κ2) is 5.41. The van der Waals surface area contributed by atoms with Crippen molar-refractivity contribution in [3.63, 3.8) is 0 Å². The molecule has 0 spiro atoms. The first kappa shape index (κ1) is 14.8. The molecule has 0 aliphatic heterocycles. The number of aromatic nitrogens is 4. The topological polar surface area (TPSA) is 86.9 Å². The quantitative estimate of drug-likeness (QED) is 0.525. The van der Waals surface area contributed by atoms with E-state index in [1.54, 1.807) is 30.7 Å². The number of halogens is 1. The van der Waals surface area contributed by atoms with E-state index in [0.29, 0.717) is 33.4 Å². The molecule has 3 aromatic heterocycles. The minimum absolute atomic E-state index is 0.111. The Hall–Kier alpha value is -2.74. The van der Waals surface area contributed by atoms with Crippen LogP contribution in [-0.2, 0) is 7.05 Å². The molecule has 4 rings (SSSR count). The molecular weight excluding hydrogens is 376 g/mol. The number of hydrogen-bond donors (Lipinski definition) is 0. The van der Waals surface area contributed by atoms with Crippen LogP contribution in [0.1, 0.15) is 5.69 Å². The smallest absolute Gasteiger partial charge is 0.293 e. The summed E-state index contributed by atoms with van der Waals surface area (Å²) in [4.78, 5) is 20.6. The summed E-state index contributed by atoms with van der Waals surface area (Å²) in [6, 6.07) is 8.96. The highest BCUT2D eigenvalue weighted by Gasteiger charge is 2.15. The molecule has 0 saturated carbocycles. The van der Waals surface area contributed by atoms with Gasteiger partial charge in [-0.15, -0.1) is 0 Å². The summed E-state index contributed by atoms with van der Waals surface area (Å²) in [5, 5.41) is 3.98. The second-order valence-corrected chi connectivity index (χ2v) is 6.07. The molecule has 1 aromatic carbocycles. The lowest BCUT2D eigenvalue weighted by Crippen LogP contribution is -2.20. The summed E-state index contributed by atoms with van der Waals surface area (Å²) < 4.78 is 12.8. The summed E-state index contributed by atoms with van der Waals surface area (Å²) in [6.07, 6.45) is 0. The lowest BCUT2D eigenvalue weighted by molar-refractivity contribution is 0.414. The number of hydrogen-bond acceptors (Lipinski definition) is 6. The molecule has 0 aliphatic rings. The fourth-order valence-corrected chi connectivity index (χ4v) is 2.79. The third-order valence-corrected chi connectivity index (χ3v) is 4.13. The van der Waals surface area contributed by atoms with E-state index in [9.17, 15) is 4.79 Å². The Morgan fingerprint density at radius 1 is 1.17 bits per heavy atom. The highest BCUT2D eigenvalue weighted by molar-refractivity contribution is 9.10. The molecule has 120 valence electrons. The first-order valence-electron chi connectivity index (χ1n) is 7.10. The van der Waals surface area contributed by atoms with E-state index in [1.807, 2.05) is 18.2 Å². The third kappa shape index (κ3) is 2.35. The maximum Gasteiger partial charge on any atom is 0.293 e. The van der Waals surface area contributed by atoms with E-state index in [1.165, 1.54) is 0 Å². The largest absolute Gasteiger partial charge is 0.444 e. The fourth-order valence-electron chi connectivity index (χ4n) is 2.49. The zero-order chi connectivity index (χ0) is 16.8. The van der Waals surface area contributed by atoms with Crippen LogP contribution >= 0.6 is 15.9 Å². The maximum atomic E-state index is 11.9. The van der Waals surface area contributed by atoms with E-state index < -0.39 is 0 Å². The Labute approximate surface area is 144 Å².